The number of hydrogen-bond donors (Lipinski definition) is 1. The van der Waals surface area contributed by atoms with Crippen molar-refractivity contribution in [2.24, 2.45) is 0 Å². The zero-order chi connectivity index (χ0) is 23.4. The first-order valence-electron chi connectivity index (χ1n) is 8.52. The molecule has 0 aliphatic carbocycles. The smallest absolute Gasteiger partial charge is 0.416 e. The van der Waals surface area contributed by atoms with Crippen molar-refractivity contribution in [3.8, 4) is 5.88 Å². The van der Waals surface area contributed by atoms with E-state index in [9.17, 15) is 35.9 Å². The second kappa shape index (κ2) is 9.23. The third-order valence-electron chi connectivity index (χ3n) is 4.09. The number of aromatic nitrogens is 1. The predicted octanol–water partition coefficient (Wildman–Crippen LogP) is 3.64. The van der Waals surface area contributed by atoms with Crippen molar-refractivity contribution in [3.63, 3.8) is 0 Å². The van der Waals surface area contributed by atoms with Crippen LogP contribution in [0, 0.1) is 0 Å². The molecule has 0 aliphatic rings. The van der Waals surface area contributed by atoms with E-state index in [1.54, 1.807) is 0 Å². The summed E-state index contributed by atoms with van der Waals surface area (Å²) in [5.41, 5.74) is -3.79. The van der Waals surface area contributed by atoms with Gasteiger partial charge in [0.1, 0.15) is 6.04 Å². The number of ether oxygens (including phenoxy) is 2. The molecule has 1 amide bonds. The number of carbonyl (C=O) groups excluding carboxylic acids is 2. The van der Waals surface area contributed by atoms with Crippen molar-refractivity contribution in [2.75, 3.05) is 14.2 Å². The lowest BCUT2D eigenvalue weighted by Crippen LogP contribution is -2.43. The maximum atomic E-state index is 13.0. The molecular formula is C19H16F6N2O4. The number of methoxy groups -OCH3 is 2. The Kier molecular flexibility index (Phi) is 7.13. The van der Waals surface area contributed by atoms with Crippen molar-refractivity contribution in [1.29, 1.82) is 0 Å². The maximum absolute atomic E-state index is 13.0. The topological polar surface area (TPSA) is 77.5 Å². The van der Waals surface area contributed by atoms with Gasteiger partial charge in [0, 0.05) is 24.2 Å². The van der Waals surface area contributed by atoms with Crippen LogP contribution in [-0.2, 0) is 28.3 Å². The summed E-state index contributed by atoms with van der Waals surface area (Å²) in [6.45, 7) is 0. The van der Waals surface area contributed by atoms with Gasteiger partial charge in [0.25, 0.3) is 5.91 Å². The minimum Gasteiger partial charge on any atom is -0.481 e. The first kappa shape index (κ1) is 24.0. The number of alkyl halides is 6. The van der Waals surface area contributed by atoms with E-state index in [-0.39, 0.29) is 30.5 Å². The Balaban J connectivity index is 2.34. The lowest BCUT2D eigenvalue weighted by atomic mass is 10.0. The Bertz CT molecular complexity index is 910. The van der Waals surface area contributed by atoms with E-state index in [1.165, 1.54) is 25.4 Å². The van der Waals surface area contributed by atoms with Gasteiger partial charge < -0.3 is 14.8 Å². The minimum absolute atomic E-state index is 0.0996. The average molecular weight is 450 g/mol. The number of esters is 1. The average Bonchev–Trinajstić information content (AvgIpc) is 2.71. The summed E-state index contributed by atoms with van der Waals surface area (Å²) in [6, 6.07) is 2.03. The van der Waals surface area contributed by atoms with Gasteiger partial charge in [-0.3, -0.25) is 4.79 Å². The van der Waals surface area contributed by atoms with Crippen molar-refractivity contribution in [2.45, 2.75) is 24.8 Å². The van der Waals surface area contributed by atoms with Crippen molar-refractivity contribution in [3.05, 3.63) is 58.8 Å². The van der Waals surface area contributed by atoms with Crippen molar-refractivity contribution >= 4 is 11.9 Å². The number of halogens is 6. The van der Waals surface area contributed by atoms with E-state index in [4.69, 9.17) is 4.74 Å². The number of carbonyl (C=O) groups is 2. The number of rotatable bonds is 6. The maximum Gasteiger partial charge on any atom is 0.416 e. The van der Waals surface area contributed by atoms with Gasteiger partial charge in [0.05, 0.1) is 25.3 Å². The fourth-order valence-electron chi connectivity index (χ4n) is 2.55. The van der Waals surface area contributed by atoms with Crippen LogP contribution in [0.4, 0.5) is 26.3 Å². The van der Waals surface area contributed by atoms with Gasteiger partial charge in [-0.15, -0.1) is 0 Å². The van der Waals surface area contributed by atoms with Gasteiger partial charge >= 0.3 is 18.3 Å². The van der Waals surface area contributed by atoms with E-state index < -0.39 is 47.0 Å². The van der Waals surface area contributed by atoms with E-state index in [0.29, 0.717) is 5.56 Å². The third-order valence-corrected chi connectivity index (χ3v) is 4.09. The van der Waals surface area contributed by atoms with Crippen LogP contribution in [0.2, 0.25) is 0 Å². The molecule has 0 fully saturated rings. The highest BCUT2D eigenvalue weighted by Crippen LogP contribution is 2.36. The van der Waals surface area contributed by atoms with Crippen LogP contribution in [0.5, 0.6) is 5.88 Å². The normalized spacial score (nSPS) is 12.8. The molecule has 6 nitrogen and oxygen atoms in total. The molecule has 0 saturated carbocycles. The first-order valence-corrected chi connectivity index (χ1v) is 8.52. The Morgan fingerprint density at radius 1 is 1.00 bits per heavy atom. The quantitative estimate of drug-likeness (QED) is 0.537. The molecule has 1 heterocycles. The van der Waals surface area contributed by atoms with E-state index in [1.807, 2.05) is 0 Å². The minimum atomic E-state index is -5.12. The summed E-state index contributed by atoms with van der Waals surface area (Å²) in [5.74, 6) is -1.99. The molecular weight excluding hydrogens is 434 g/mol. The molecule has 1 aromatic heterocycles. The zero-order valence-electron chi connectivity index (χ0n) is 16.1. The summed E-state index contributed by atoms with van der Waals surface area (Å²) in [6.07, 6.45) is -9.09. The zero-order valence-corrected chi connectivity index (χ0v) is 16.1. The van der Waals surface area contributed by atoms with Crippen LogP contribution in [0.1, 0.15) is 27.0 Å². The fourth-order valence-corrected chi connectivity index (χ4v) is 2.55. The lowest BCUT2D eigenvalue weighted by molar-refractivity contribution is -0.144. The number of pyridine rings is 1. The second-order valence-corrected chi connectivity index (χ2v) is 6.26. The van der Waals surface area contributed by atoms with Crippen LogP contribution in [-0.4, -0.2) is 37.1 Å². The molecule has 31 heavy (non-hydrogen) atoms. The summed E-state index contributed by atoms with van der Waals surface area (Å²) >= 11 is 0. The molecule has 0 saturated heterocycles. The van der Waals surface area contributed by atoms with Gasteiger partial charge in [-0.2, -0.15) is 26.3 Å². The number of benzene rings is 1. The van der Waals surface area contributed by atoms with E-state index >= 15 is 0 Å². The van der Waals surface area contributed by atoms with E-state index in [0.717, 1.165) is 7.11 Å². The Hall–Kier alpha value is -3.31. The van der Waals surface area contributed by atoms with Gasteiger partial charge in [-0.25, -0.2) is 9.78 Å². The molecule has 168 valence electrons. The second-order valence-electron chi connectivity index (χ2n) is 6.26. The summed E-state index contributed by atoms with van der Waals surface area (Å²) in [4.78, 5) is 28.4. The highest BCUT2D eigenvalue weighted by Gasteiger charge is 2.37. The highest BCUT2D eigenvalue weighted by molar-refractivity contribution is 5.97. The molecule has 2 rings (SSSR count). The highest BCUT2D eigenvalue weighted by atomic mass is 19.4. The molecule has 0 radical (unpaired) electrons. The van der Waals surface area contributed by atoms with Gasteiger partial charge in [-0.05, 0) is 23.8 Å². The summed E-state index contributed by atoms with van der Waals surface area (Å²) < 4.78 is 87.5. The largest absolute Gasteiger partial charge is 0.481 e. The Morgan fingerprint density at radius 3 is 2.00 bits per heavy atom. The van der Waals surface area contributed by atoms with Crippen LogP contribution in [0.3, 0.4) is 0 Å². The van der Waals surface area contributed by atoms with Gasteiger partial charge in [0.2, 0.25) is 5.88 Å². The number of amides is 1. The van der Waals surface area contributed by atoms with Gasteiger partial charge in [-0.1, -0.05) is 6.07 Å². The third kappa shape index (κ3) is 6.33. The summed E-state index contributed by atoms with van der Waals surface area (Å²) in [5, 5.41) is 2.11. The van der Waals surface area contributed by atoms with Crippen LogP contribution in [0.15, 0.2) is 36.5 Å². The Morgan fingerprint density at radius 2 is 1.58 bits per heavy atom. The summed E-state index contributed by atoms with van der Waals surface area (Å²) in [7, 11) is 2.39. The molecule has 0 unspecified atom stereocenters. The van der Waals surface area contributed by atoms with Crippen molar-refractivity contribution < 1.29 is 45.4 Å². The Labute approximate surface area is 172 Å². The number of nitrogens with zero attached hydrogens (tertiary/aromatic N) is 1. The predicted molar refractivity (Wildman–Crippen MR) is 94.2 cm³/mol. The molecule has 12 heteroatoms. The van der Waals surface area contributed by atoms with Crippen LogP contribution in [0.25, 0.3) is 0 Å². The van der Waals surface area contributed by atoms with Crippen LogP contribution < -0.4 is 10.1 Å². The first-order chi connectivity index (χ1) is 14.3. The van der Waals surface area contributed by atoms with Crippen molar-refractivity contribution in [1.82, 2.24) is 10.3 Å². The van der Waals surface area contributed by atoms with Gasteiger partial charge in [0.15, 0.2) is 0 Å². The number of hydrogen-bond acceptors (Lipinski definition) is 5. The standard InChI is InChI=1S/C19H16F6N2O4/c1-30-15-4-3-10(9-26-15)5-14(17(29)31-2)27-16(28)11-6-12(18(20,21)22)8-13(7-11)19(23,24)25/h3-4,6-9,14H,5H2,1-2H3,(H,27,28)/t14-/m1/s1. The molecule has 1 N–H and O–H groups in total. The lowest BCUT2D eigenvalue weighted by Gasteiger charge is -2.18. The number of nitrogens with one attached hydrogen (secondary N) is 1. The fraction of sp³-hybridized carbons (Fsp3) is 0.316. The molecule has 1 aromatic carbocycles. The molecule has 0 spiro atoms. The molecule has 1 atom stereocenters. The molecule has 2 aromatic rings. The van der Waals surface area contributed by atoms with Crippen LogP contribution >= 0.6 is 0 Å². The SMILES string of the molecule is COC(=O)[C@@H](Cc1ccc(OC)nc1)NC(=O)c1cc(C(F)(F)F)cc(C(F)(F)F)c1. The monoisotopic (exact) mass is 450 g/mol. The molecule has 0 bridgehead atoms. The van der Waals surface area contributed by atoms with E-state index in [2.05, 4.69) is 15.0 Å². The molecule has 0 aliphatic heterocycles.